The van der Waals surface area contributed by atoms with Gasteiger partial charge < -0.3 is 4.57 Å². The largest absolute Gasteiger partial charge is 0.303 e. The lowest BCUT2D eigenvalue weighted by Crippen LogP contribution is -2.22. The Bertz CT molecular complexity index is 1080. The van der Waals surface area contributed by atoms with Gasteiger partial charge in [0.1, 0.15) is 0 Å². The Kier molecular flexibility index (Phi) is 3.95. The molecule has 0 bridgehead atoms. The van der Waals surface area contributed by atoms with Crippen LogP contribution in [0, 0.1) is 6.92 Å². The smallest absolute Gasteiger partial charge is 0.259 e. The lowest BCUT2D eigenvalue weighted by molar-refractivity contribution is 0.777. The van der Waals surface area contributed by atoms with Crippen LogP contribution in [-0.4, -0.2) is 4.57 Å². The molecule has 1 aromatic heterocycles. The zero-order valence-corrected chi connectivity index (χ0v) is 14.1. The van der Waals surface area contributed by atoms with Gasteiger partial charge in [-0.05, 0) is 35.6 Å². The van der Waals surface area contributed by atoms with E-state index in [9.17, 15) is 4.79 Å². The van der Waals surface area contributed by atoms with Crippen LogP contribution < -0.4 is 5.56 Å². The Morgan fingerprint density at radius 2 is 1.48 bits per heavy atom. The van der Waals surface area contributed by atoms with Crippen LogP contribution in [0.25, 0.3) is 22.0 Å². The van der Waals surface area contributed by atoms with Crippen LogP contribution >= 0.6 is 0 Å². The van der Waals surface area contributed by atoms with E-state index in [1.54, 1.807) is 0 Å². The van der Waals surface area contributed by atoms with Crippen LogP contribution in [0.2, 0.25) is 0 Å². The molecule has 122 valence electrons. The summed E-state index contributed by atoms with van der Waals surface area (Å²) in [4.78, 5) is 13.2. The Morgan fingerprint density at radius 1 is 0.800 bits per heavy atom. The normalized spacial score (nSPS) is 10.9. The quantitative estimate of drug-likeness (QED) is 0.518. The molecule has 0 aliphatic carbocycles. The molecule has 4 aromatic rings. The summed E-state index contributed by atoms with van der Waals surface area (Å²) < 4.78 is 1.88. The first kappa shape index (κ1) is 15.4. The summed E-state index contributed by atoms with van der Waals surface area (Å²) in [6, 6.07) is 28.4. The number of pyridine rings is 1. The minimum atomic E-state index is 0.0557. The molecular weight excluding hydrogens is 306 g/mol. The molecule has 25 heavy (non-hydrogen) atoms. The number of benzene rings is 3. The van der Waals surface area contributed by atoms with E-state index in [2.05, 4.69) is 43.3 Å². The standard InChI is InChI=1S/C23H19NO/c1-17-12-13-21-20(14-17)15-22(19-10-6-3-7-11-19)24(23(21)25)16-18-8-4-2-5-9-18/h2-15H,16H2,1H3. The summed E-state index contributed by atoms with van der Waals surface area (Å²) in [5, 5.41) is 1.76. The van der Waals surface area contributed by atoms with E-state index >= 15 is 0 Å². The van der Waals surface area contributed by atoms with Gasteiger partial charge in [0.25, 0.3) is 5.56 Å². The number of nitrogens with zero attached hydrogens (tertiary/aromatic N) is 1. The highest BCUT2D eigenvalue weighted by Gasteiger charge is 2.11. The van der Waals surface area contributed by atoms with E-state index in [-0.39, 0.29) is 5.56 Å². The minimum absolute atomic E-state index is 0.0557. The third kappa shape index (κ3) is 2.99. The molecule has 0 N–H and O–H groups in total. The third-order valence-electron chi connectivity index (χ3n) is 4.52. The summed E-state index contributed by atoms with van der Waals surface area (Å²) in [7, 11) is 0. The Hall–Kier alpha value is -3.13. The molecule has 0 saturated carbocycles. The van der Waals surface area contributed by atoms with Gasteiger partial charge in [0.2, 0.25) is 0 Å². The molecule has 0 amide bonds. The zero-order chi connectivity index (χ0) is 17.2. The molecule has 4 rings (SSSR count). The first-order valence-electron chi connectivity index (χ1n) is 8.46. The summed E-state index contributed by atoms with van der Waals surface area (Å²) in [5.74, 6) is 0. The second kappa shape index (κ2) is 6.40. The third-order valence-corrected chi connectivity index (χ3v) is 4.52. The molecule has 0 radical (unpaired) electrons. The van der Waals surface area contributed by atoms with Crippen molar-refractivity contribution < 1.29 is 0 Å². The van der Waals surface area contributed by atoms with Gasteiger partial charge in [0, 0.05) is 5.39 Å². The first-order valence-corrected chi connectivity index (χ1v) is 8.46. The minimum Gasteiger partial charge on any atom is -0.303 e. The van der Waals surface area contributed by atoms with E-state index in [1.165, 1.54) is 0 Å². The average Bonchev–Trinajstić information content (AvgIpc) is 2.65. The highest BCUT2D eigenvalue weighted by molar-refractivity contribution is 5.86. The van der Waals surface area contributed by atoms with Crippen LogP contribution in [0.3, 0.4) is 0 Å². The number of rotatable bonds is 3. The fourth-order valence-corrected chi connectivity index (χ4v) is 3.25. The lowest BCUT2D eigenvalue weighted by atomic mass is 10.0. The second-order valence-electron chi connectivity index (χ2n) is 6.36. The van der Waals surface area contributed by atoms with Gasteiger partial charge in [-0.3, -0.25) is 4.79 Å². The summed E-state index contributed by atoms with van der Waals surface area (Å²) in [6.07, 6.45) is 0. The monoisotopic (exact) mass is 325 g/mol. The zero-order valence-electron chi connectivity index (χ0n) is 14.1. The van der Waals surface area contributed by atoms with Crippen LogP contribution in [0.1, 0.15) is 11.1 Å². The fraction of sp³-hybridized carbons (Fsp3) is 0.0870. The van der Waals surface area contributed by atoms with Crippen molar-refractivity contribution in [3.8, 4) is 11.3 Å². The van der Waals surface area contributed by atoms with Crippen molar-refractivity contribution in [1.82, 2.24) is 4.57 Å². The molecule has 0 saturated heterocycles. The first-order chi connectivity index (χ1) is 12.2. The van der Waals surface area contributed by atoms with E-state index in [4.69, 9.17) is 0 Å². The molecule has 0 unspecified atom stereocenters. The Labute approximate surface area is 147 Å². The van der Waals surface area contributed by atoms with Crippen LogP contribution in [0.15, 0.2) is 89.7 Å². The average molecular weight is 325 g/mol. The van der Waals surface area contributed by atoms with E-state index in [0.717, 1.165) is 33.2 Å². The van der Waals surface area contributed by atoms with Crippen LogP contribution in [0.5, 0.6) is 0 Å². The number of aryl methyl sites for hydroxylation is 1. The van der Waals surface area contributed by atoms with Crippen molar-refractivity contribution in [2.75, 3.05) is 0 Å². The maximum Gasteiger partial charge on any atom is 0.259 e. The van der Waals surface area contributed by atoms with Crippen molar-refractivity contribution in [2.24, 2.45) is 0 Å². The summed E-state index contributed by atoms with van der Waals surface area (Å²) in [6.45, 7) is 2.62. The van der Waals surface area contributed by atoms with Crippen molar-refractivity contribution >= 4 is 10.8 Å². The number of fused-ring (bicyclic) bond motifs is 1. The van der Waals surface area contributed by atoms with Crippen LogP contribution in [-0.2, 0) is 6.54 Å². The maximum absolute atomic E-state index is 13.2. The summed E-state index contributed by atoms with van der Waals surface area (Å²) >= 11 is 0. The molecule has 0 aliphatic heterocycles. The Morgan fingerprint density at radius 3 is 2.20 bits per heavy atom. The van der Waals surface area contributed by atoms with Crippen molar-refractivity contribution in [3.05, 3.63) is 106 Å². The van der Waals surface area contributed by atoms with Gasteiger partial charge in [-0.25, -0.2) is 0 Å². The number of aromatic nitrogens is 1. The van der Waals surface area contributed by atoms with Gasteiger partial charge in [-0.2, -0.15) is 0 Å². The highest BCUT2D eigenvalue weighted by Crippen LogP contribution is 2.23. The second-order valence-corrected chi connectivity index (χ2v) is 6.36. The van der Waals surface area contributed by atoms with Crippen molar-refractivity contribution in [3.63, 3.8) is 0 Å². The molecule has 0 spiro atoms. The van der Waals surface area contributed by atoms with Gasteiger partial charge in [0.05, 0.1) is 12.2 Å². The molecule has 1 heterocycles. The molecule has 3 aromatic carbocycles. The van der Waals surface area contributed by atoms with E-state index in [1.807, 2.05) is 53.1 Å². The van der Waals surface area contributed by atoms with E-state index in [0.29, 0.717) is 6.54 Å². The highest BCUT2D eigenvalue weighted by atomic mass is 16.1. The Balaban J connectivity index is 1.99. The molecule has 0 atom stereocenters. The van der Waals surface area contributed by atoms with Gasteiger partial charge in [0.15, 0.2) is 0 Å². The number of hydrogen-bond acceptors (Lipinski definition) is 1. The molecule has 2 heteroatoms. The van der Waals surface area contributed by atoms with Crippen molar-refractivity contribution in [2.45, 2.75) is 13.5 Å². The molecule has 0 fully saturated rings. The van der Waals surface area contributed by atoms with E-state index < -0.39 is 0 Å². The van der Waals surface area contributed by atoms with Crippen LogP contribution in [0.4, 0.5) is 0 Å². The topological polar surface area (TPSA) is 22.0 Å². The lowest BCUT2D eigenvalue weighted by Gasteiger charge is -2.15. The van der Waals surface area contributed by atoms with Gasteiger partial charge in [-0.1, -0.05) is 78.4 Å². The predicted molar refractivity (Wildman–Crippen MR) is 104 cm³/mol. The van der Waals surface area contributed by atoms with Gasteiger partial charge in [-0.15, -0.1) is 0 Å². The SMILES string of the molecule is Cc1ccc2c(=O)n(Cc3ccccc3)c(-c3ccccc3)cc2c1. The molecular formula is C23H19NO. The van der Waals surface area contributed by atoms with Crippen molar-refractivity contribution in [1.29, 1.82) is 0 Å². The fourth-order valence-electron chi connectivity index (χ4n) is 3.25. The maximum atomic E-state index is 13.2. The number of hydrogen-bond donors (Lipinski definition) is 0. The molecule has 2 nitrogen and oxygen atoms in total. The predicted octanol–water partition coefficient (Wildman–Crippen LogP) is 5.03. The van der Waals surface area contributed by atoms with Gasteiger partial charge >= 0.3 is 0 Å². The molecule has 0 aliphatic rings. The summed E-state index contributed by atoms with van der Waals surface area (Å²) in [5.41, 5.74) is 4.34.